The van der Waals surface area contributed by atoms with Crippen molar-refractivity contribution < 1.29 is 41.0 Å². The topological polar surface area (TPSA) is 499 Å². The quantitative estimate of drug-likeness (QED) is 0.00929. The van der Waals surface area contributed by atoms with E-state index < -0.39 is 0 Å². The maximum atomic E-state index is 7.34. The third kappa shape index (κ3) is 37.9. The first-order valence-corrected chi connectivity index (χ1v) is 37.5. The molecule has 0 fully saturated rings. The van der Waals surface area contributed by atoms with Crippen molar-refractivity contribution in [3.05, 3.63) is 307 Å². The Hall–Kier alpha value is -12.6. The lowest BCUT2D eigenvalue weighted by atomic mass is 10.0. The van der Waals surface area contributed by atoms with E-state index in [1.54, 1.807) is 30.4 Å². The number of hydrogen-bond acceptors (Lipinski definition) is 24. The van der Waals surface area contributed by atoms with Crippen LogP contribution >= 0.6 is 0 Å². The van der Waals surface area contributed by atoms with E-state index in [1.165, 1.54) is 60.8 Å². The highest BCUT2D eigenvalue weighted by molar-refractivity contribution is 6.19. The van der Waals surface area contributed by atoms with Gasteiger partial charge in [-0.3, -0.25) is 31.5 Å². The van der Waals surface area contributed by atoms with Gasteiger partial charge in [-0.25, -0.2) is 15.0 Å². The third-order valence-electron chi connectivity index (χ3n) is 17.4. The zero-order chi connectivity index (χ0) is 83.4. The molecule has 4 atom stereocenters. The molecule has 0 amide bonds. The van der Waals surface area contributed by atoms with Crippen LogP contribution < -0.4 is 73.1 Å². The Morgan fingerprint density at radius 1 is 0.377 bits per heavy atom. The molecule has 0 spiro atoms. The van der Waals surface area contributed by atoms with E-state index in [4.69, 9.17) is 109 Å². The summed E-state index contributed by atoms with van der Waals surface area (Å²) in [5.41, 5.74) is 82.4. The molecule has 0 radical (unpaired) electrons. The number of aliphatic imine (C=N–C) groups is 3. The van der Waals surface area contributed by atoms with E-state index in [2.05, 4.69) is 84.4 Å². The SMILES string of the molecule is CCCCC(CC)COC1=CC(N)C=CC1N.CCCCC(CC)COc1cc(N)ccc1N.N=C1C=CC(=Nc2ccc(N)cc2)C=C1.Nc1ccc(Cc2ccc(N)cc2)cc1.Nc1ccc(Cc2ccc(Nc3ccc(N)cc3)cc2)cc1.Nc1ccc(N=C2C=CC(=Nc3ccc(N)cc3)C=C2)cc1.OO.OO.OO. The average Bonchev–Trinajstić information content (AvgIpc) is 0.881. The molecule has 0 bridgehead atoms. The predicted octanol–water partition coefficient (Wildman–Crippen LogP) is 18.8. The zero-order valence-electron chi connectivity index (χ0n) is 65.5. The van der Waals surface area contributed by atoms with Gasteiger partial charge in [0.15, 0.2) is 0 Å². The molecule has 30 N–H and O–H groups in total. The largest absolute Gasteiger partial charge is 0.496 e. The number of benzene rings is 9. The number of rotatable bonds is 23. The maximum Gasteiger partial charge on any atom is 0.144 e. The summed E-state index contributed by atoms with van der Waals surface area (Å²) in [5.74, 6) is 2.77. The number of hydrogen-bond donors (Lipinski definition) is 19. The van der Waals surface area contributed by atoms with Crippen molar-refractivity contribution in [3.63, 3.8) is 0 Å². The van der Waals surface area contributed by atoms with Crippen molar-refractivity contribution >= 4 is 102 Å². The molecule has 3 aliphatic rings. The summed E-state index contributed by atoms with van der Waals surface area (Å²) in [5, 5.41) is 46.7. The first-order valence-electron chi connectivity index (χ1n) is 37.5. The lowest BCUT2D eigenvalue weighted by Crippen LogP contribution is -2.30. The number of ether oxygens (including phenoxy) is 2. The van der Waals surface area contributed by atoms with Crippen LogP contribution in [0.1, 0.15) is 101 Å². The Balaban J connectivity index is 0.000000286. The van der Waals surface area contributed by atoms with Crippen molar-refractivity contribution in [2.75, 3.05) is 70.1 Å². The first kappa shape index (κ1) is 93.8. The van der Waals surface area contributed by atoms with Gasteiger partial charge in [0.1, 0.15) is 11.5 Å². The monoisotopic (exact) mass is 1550 g/mol. The number of nitrogen functional groups attached to an aromatic ring is 9. The van der Waals surface area contributed by atoms with Crippen molar-refractivity contribution in [1.29, 1.82) is 5.41 Å². The van der Waals surface area contributed by atoms with Crippen LogP contribution in [0.15, 0.2) is 300 Å². The van der Waals surface area contributed by atoms with Crippen LogP contribution in [-0.2, 0) is 17.6 Å². The summed E-state index contributed by atoms with van der Waals surface area (Å²) in [4.78, 5) is 13.4. The minimum Gasteiger partial charge on any atom is -0.496 e. The number of nitrogens with one attached hydrogen (secondary N) is 2. The van der Waals surface area contributed by atoms with Gasteiger partial charge in [0.05, 0.1) is 64.9 Å². The summed E-state index contributed by atoms with van der Waals surface area (Å²) in [6.07, 6.45) is 32.1. The summed E-state index contributed by atoms with van der Waals surface area (Å²) in [7, 11) is 0. The summed E-state index contributed by atoms with van der Waals surface area (Å²) < 4.78 is 11.6. The molecule has 0 saturated heterocycles. The highest BCUT2D eigenvalue weighted by Gasteiger charge is 2.16. The summed E-state index contributed by atoms with van der Waals surface area (Å²) >= 11 is 0. The minimum absolute atomic E-state index is 0.0551. The highest BCUT2D eigenvalue weighted by atomic mass is 17.0. The van der Waals surface area contributed by atoms with E-state index >= 15 is 0 Å². The van der Waals surface area contributed by atoms with Gasteiger partial charge in [-0.2, -0.15) is 0 Å². The number of allylic oxidation sites excluding steroid dienone is 8. The van der Waals surface area contributed by atoms with Crippen LogP contribution in [-0.4, -0.2) is 79.7 Å². The summed E-state index contributed by atoms with van der Waals surface area (Å²) in [6.45, 7) is 10.3. The van der Waals surface area contributed by atoms with Gasteiger partial charge in [-0.15, -0.1) is 0 Å². The van der Waals surface area contributed by atoms with Crippen molar-refractivity contribution in [3.8, 4) is 5.75 Å². The molecule has 9 aromatic rings. The average molecular weight is 1550 g/mol. The van der Waals surface area contributed by atoms with Crippen LogP contribution in [0.25, 0.3) is 0 Å². The van der Waals surface area contributed by atoms with E-state index in [-0.39, 0.29) is 12.1 Å². The Labute approximate surface area is 670 Å². The zero-order valence-corrected chi connectivity index (χ0v) is 65.5. The Bertz CT molecular complexity index is 4280. The van der Waals surface area contributed by atoms with Crippen LogP contribution in [0.3, 0.4) is 0 Å². The Kier molecular flexibility index (Phi) is 44.5. The lowest BCUT2D eigenvalue weighted by Gasteiger charge is -2.22. The van der Waals surface area contributed by atoms with Gasteiger partial charge < -0.3 is 83.3 Å². The molecular weight excluding hydrogens is 1430 g/mol. The molecule has 0 aromatic heterocycles. The first-order chi connectivity index (χ1) is 55.2. The van der Waals surface area contributed by atoms with Crippen molar-refractivity contribution in [1.82, 2.24) is 0 Å². The van der Waals surface area contributed by atoms with Crippen LogP contribution in [0.2, 0.25) is 0 Å². The molecule has 24 nitrogen and oxygen atoms in total. The second-order valence-corrected chi connectivity index (χ2v) is 26.5. The lowest BCUT2D eigenvalue weighted by molar-refractivity contribution is -0.176. The van der Waals surface area contributed by atoms with E-state index in [0.29, 0.717) is 34.7 Å². The van der Waals surface area contributed by atoms with Crippen molar-refractivity contribution in [2.45, 2.75) is 104 Å². The van der Waals surface area contributed by atoms with E-state index in [1.807, 2.05) is 212 Å². The molecule has 0 aliphatic heterocycles. The third-order valence-corrected chi connectivity index (χ3v) is 17.4. The van der Waals surface area contributed by atoms with Crippen molar-refractivity contribution in [2.24, 2.45) is 38.3 Å². The second kappa shape index (κ2) is 54.1. The van der Waals surface area contributed by atoms with E-state index in [9.17, 15) is 0 Å². The summed E-state index contributed by atoms with van der Waals surface area (Å²) in [6, 6.07) is 67.5. The van der Waals surface area contributed by atoms with Gasteiger partial charge >= 0.3 is 0 Å². The molecular formula is C90H116N16O8. The fourth-order valence-electron chi connectivity index (χ4n) is 10.8. The van der Waals surface area contributed by atoms with Gasteiger partial charge in [0.25, 0.3) is 0 Å². The predicted molar refractivity (Wildman–Crippen MR) is 479 cm³/mol. The fourth-order valence-corrected chi connectivity index (χ4v) is 10.8. The Morgan fingerprint density at radius 2 is 0.675 bits per heavy atom. The van der Waals surface area contributed by atoms with E-state index in [0.717, 1.165) is 130 Å². The molecule has 114 heavy (non-hydrogen) atoms. The molecule has 0 heterocycles. The number of nitrogens with zero attached hydrogens (tertiary/aromatic N) is 3. The molecule has 12 rings (SSSR count). The molecule has 9 aromatic carbocycles. The highest BCUT2D eigenvalue weighted by Crippen LogP contribution is 2.27. The van der Waals surface area contributed by atoms with Gasteiger partial charge in [-0.05, 0) is 272 Å². The van der Waals surface area contributed by atoms with Crippen LogP contribution in [0, 0.1) is 17.2 Å². The van der Waals surface area contributed by atoms with Crippen LogP contribution in [0.5, 0.6) is 5.75 Å². The molecule has 604 valence electrons. The molecule has 4 unspecified atom stereocenters. The second-order valence-electron chi connectivity index (χ2n) is 26.5. The van der Waals surface area contributed by atoms with Gasteiger partial charge in [0.2, 0.25) is 0 Å². The van der Waals surface area contributed by atoms with Gasteiger partial charge in [0, 0.05) is 69.0 Å². The molecule has 3 aliphatic carbocycles. The van der Waals surface area contributed by atoms with Crippen LogP contribution in [0.4, 0.5) is 79.6 Å². The number of nitrogens with two attached hydrogens (primary N) is 11. The number of unbranched alkanes of at least 4 members (excludes halogenated alkanes) is 2. The maximum absolute atomic E-state index is 7.34. The van der Waals surface area contributed by atoms with Gasteiger partial charge in [-0.1, -0.05) is 127 Å². The minimum atomic E-state index is -0.126. The molecule has 24 heteroatoms. The Morgan fingerprint density at radius 3 is 1.02 bits per heavy atom. The smallest absolute Gasteiger partial charge is 0.144 e. The fraction of sp³-hybridized carbons (Fsp3) is 0.222. The normalized spacial score (nSPS) is 13.6. The standard InChI is InChI=1S/C19H19N3.C18H16N4.C14H26N2O.C14H24N2O.C13H14N2.C12H11N3.3H2O2/c20-16-5-1-14(2-6-16)13-15-3-9-18(10-4-15)22-19-11-7-17(21)8-12-19;19-13-1-5-15(6-2-13)21-17-9-11-18(12-10-17)22-16-7-3-14(20)4-8-16;2*1-3-5-6-11(4-2)10-17-14-9-12(15)7-8-13(14)16;14-12-5-1-10(2-6-12)9-11-3-7-13(15)8-4-11;13-9-1-5-11(6-2-9)15-12-7-3-10(14)4-8-12;3*1-2/h1-12,22H,13,20-21H2;1-12H,19-20H2;7-9,11-13H,3-6,10,15-16H2,1-2H3;7-9,11H,3-6,10,15-16H2,1-2H3;1-8H,9,14-15H2;1-8,13H,14H2;3*1-2H. The molecule has 0 saturated carbocycles. The number of anilines is 11.